The second-order valence-electron chi connectivity index (χ2n) is 10.5. The molecule has 1 N–H and O–H groups in total. The lowest BCUT2D eigenvalue weighted by Gasteiger charge is -2.34. The summed E-state index contributed by atoms with van der Waals surface area (Å²) in [4.78, 5) is 29.3. The second-order valence-corrected chi connectivity index (χ2v) is 12.8. The molecule has 3 aromatic rings. The van der Waals surface area contributed by atoms with E-state index in [9.17, 15) is 18.0 Å². The minimum atomic E-state index is -4.16. The van der Waals surface area contributed by atoms with Gasteiger partial charge in [-0.15, -0.1) is 0 Å². The van der Waals surface area contributed by atoms with Crippen molar-refractivity contribution in [3.05, 3.63) is 88.9 Å². The van der Waals surface area contributed by atoms with E-state index in [-0.39, 0.29) is 29.1 Å². The minimum absolute atomic E-state index is 0.0437. The molecule has 3 aromatic carbocycles. The topological polar surface area (TPSA) is 96.0 Å². The van der Waals surface area contributed by atoms with Crippen molar-refractivity contribution in [1.82, 2.24) is 10.2 Å². The fraction of sp³-hybridized carbons (Fsp3) is 0.375. The average Bonchev–Trinajstić information content (AvgIpc) is 3.51. The number of hydrogen-bond acceptors (Lipinski definition) is 5. The van der Waals surface area contributed by atoms with Crippen LogP contribution in [0.2, 0.25) is 5.02 Å². The Hall–Kier alpha value is -3.56. The summed E-state index contributed by atoms with van der Waals surface area (Å²) < 4.78 is 34.2. The van der Waals surface area contributed by atoms with Crippen LogP contribution in [0, 0.1) is 6.92 Å². The van der Waals surface area contributed by atoms with Crippen LogP contribution in [0.25, 0.3) is 0 Å². The van der Waals surface area contributed by atoms with E-state index in [1.54, 1.807) is 55.6 Å². The standard InChI is InChI=1S/C32H38ClN3O5S/c1-4-30(32(38)34-25-10-8-9-11-25)35(21-24-15-18-27(41-3)19-16-24)31(37)22-36(26-17-14-23(2)29(33)20-26)42(39,40)28-12-6-5-7-13-28/h5-7,12-20,25,30H,4,8-11,21-22H2,1-3H3,(H,34,38)/t30-/m0/s1. The van der Waals surface area contributed by atoms with E-state index >= 15 is 0 Å². The van der Waals surface area contributed by atoms with Crippen LogP contribution in [0.15, 0.2) is 77.7 Å². The molecule has 8 nitrogen and oxygen atoms in total. The van der Waals surface area contributed by atoms with Crippen LogP contribution in [-0.2, 0) is 26.2 Å². The molecule has 1 aliphatic rings. The molecular weight excluding hydrogens is 574 g/mol. The number of methoxy groups -OCH3 is 1. The molecule has 1 fully saturated rings. The van der Waals surface area contributed by atoms with Crippen LogP contribution >= 0.6 is 11.6 Å². The molecule has 0 bridgehead atoms. The second kappa shape index (κ2) is 14.1. The summed E-state index contributed by atoms with van der Waals surface area (Å²) in [6.07, 6.45) is 4.29. The van der Waals surface area contributed by atoms with Gasteiger partial charge in [-0.2, -0.15) is 0 Å². The molecule has 0 radical (unpaired) electrons. The van der Waals surface area contributed by atoms with Gasteiger partial charge in [0.2, 0.25) is 11.8 Å². The molecular formula is C32H38ClN3O5S. The minimum Gasteiger partial charge on any atom is -0.497 e. The first-order chi connectivity index (χ1) is 20.1. The monoisotopic (exact) mass is 611 g/mol. The number of carbonyl (C=O) groups is 2. The summed E-state index contributed by atoms with van der Waals surface area (Å²) in [5.74, 6) is -0.0726. The number of ether oxygens (including phenoxy) is 1. The summed E-state index contributed by atoms with van der Waals surface area (Å²) in [7, 11) is -2.58. The van der Waals surface area contributed by atoms with Crippen LogP contribution in [0.5, 0.6) is 5.75 Å². The molecule has 0 unspecified atom stereocenters. The molecule has 10 heteroatoms. The Morgan fingerprint density at radius 1 is 1.02 bits per heavy atom. The largest absolute Gasteiger partial charge is 0.497 e. The number of benzene rings is 3. The third-order valence-electron chi connectivity index (χ3n) is 7.65. The van der Waals surface area contributed by atoms with Crippen molar-refractivity contribution in [2.24, 2.45) is 0 Å². The SMILES string of the molecule is CC[C@@H](C(=O)NC1CCCC1)N(Cc1ccc(OC)cc1)C(=O)CN(c1ccc(C)c(Cl)c1)S(=O)(=O)c1ccccc1. The highest BCUT2D eigenvalue weighted by Crippen LogP contribution is 2.29. The van der Waals surface area contributed by atoms with E-state index in [4.69, 9.17) is 16.3 Å². The number of anilines is 1. The Labute approximate surface area is 253 Å². The van der Waals surface area contributed by atoms with Gasteiger partial charge in [0.15, 0.2) is 0 Å². The Balaban J connectivity index is 1.72. The molecule has 0 aromatic heterocycles. The number of nitrogens with one attached hydrogen (secondary N) is 1. The molecule has 1 atom stereocenters. The first-order valence-corrected chi connectivity index (χ1v) is 16.0. The zero-order chi connectivity index (χ0) is 30.3. The van der Waals surface area contributed by atoms with Crippen LogP contribution in [0.4, 0.5) is 5.69 Å². The molecule has 0 spiro atoms. The predicted octanol–water partition coefficient (Wildman–Crippen LogP) is 5.72. The van der Waals surface area contributed by atoms with Crippen molar-refractivity contribution in [2.45, 2.75) is 69.5 Å². The molecule has 42 heavy (non-hydrogen) atoms. The zero-order valence-electron chi connectivity index (χ0n) is 24.3. The fourth-order valence-electron chi connectivity index (χ4n) is 5.20. The third kappa shape index (κ3) is 7.44. The summed E-state index contributed by atoms with van der Waals surface area (Å²) in [6.45, 7) is 3.28. The molecule has 0 saturated heterocycles. The fourth-order valence-corrected chi connectivity index (χ4v) is 6.80. The molecule has 1 saturated carbocycles. The highest BCUT2D eigenvalue weighted by molar-refractivity contribution is 7.92. The van der Waals surface area contributed by atoms with Gasteiger partial charge in [-0.1, -0.05) is 67.8 Å². The van der Waals surface area contributed by atoms with Gasteiger partial charge in [-0.05, 0) is 73.7 Å². The molecule has 4 rings (SSSR count). The maximum atomic E-state index is 14.2. The van der Waals surface area contributed by atoms with Crippen molar-refractivity contribution in [3.63, 3.8) is 0 Å². The van der Waals surface area contributed by atoms with Crippen LogP contribution < -0.4 is 14.4 Å². The first kappa shape index (κ1) is 31.4. The molecule has 1 aliphatic carbocycles. The first-order valence-electron chi connectivity index (χ1n) is 14.2. The van der Waals surface area contributed by atoms with E-state index in [1.165, 1.54) is 17.0 Å². The van der Waals surface area contributed by atoms with Gasteiger partial charge in [-0.3, -0.25) is 13.9 Å². The number of nitrogens with zero attached hydrogens (tertiary/aromatic N) is 2. The van der Waals surface area contributed by atoms with Crippen molar-refractivity contribution >= 4 is 39.1 Å². The lowest BCUT2D eigenvalue weighted by atomic mass is 10.1. The molecule has 0 aliphatic heterocycles. The maximum absolute atomic E-state index is 14.2. The predicted molar refractivity (Wildman–Crippen MR) is 165 cm³/mol. The normalized spacial score (nSPS) is 14.3. The summed E-state index contributed by atoms with van der Waals surface area (Å²) in [5, 5.41) is 3.50. The number of halogens is 1. The zero-order valence-corrected chi connectivity index (χ0v) is 25.8. The number of amides is 2. The third-order valence-corrected chi connectivity index (χ3v) is 9.85. The van der Waals surface area contributed by atoms with E-state index in [0.717, 1.165) is 41.1 Å². The molecule has 0 heterocycles. The van der Waals surface area contributed by atoms with Crippen molar-refractivity contribution in [1.29, 1.82) is 0 Å². The molecule has 2 amide bonds. The maximum Gasteiger partial charge on any atom is 0.264 e. The van der Waals surface area contributed by atoms with Crippen molar-refractivity contribution in [2.75, 3.05) is 18.0 Å². The van der Waals surface area contributed by atoms with Gasteiger partial charge in [0.1, 0.15) is 18.3 Å². The Bertz CT molecular complexity index is 1480. The Morgan fingerprint density at radius 2 is 1.69 bits per heavy atom. The number of aryl methyl sites for hydroxylation is 1. The molecule has 224 valence electrons. The van der Waals surface area contributed by atoms with E-state index in [2.05, 4.69) is 5.32 Å². The number of carbonyl (C=O) groups excluding carboxylic acids is 2. The highest BCUT2D eigenvalue weighted by Gasteiger charge is 2.34. The lowest BCUT2D eigenvalue weighted by molar-refractivity contribution is -0.140. The van der Waals surface area contributed by atoms with Gasteiger partial charge in [-0.25, -0.2) is 8.42 Å². The van der Waals surface area contributed by atoms with Gasteiger partial charge < -0.3 is 15.0 Å². The lowest BCUT2D eigenvalue weighted by Crippen LogP contribution is -2.53. The van der Waals surface area contributed by atoms with Crippen LogP contribution in [-0.4, -0.2) is 50.9 Å². The van der Waals surface area contributed by atoms with Crippen LogP contribution in [0.1, 0.15) is 50.2 Å². The Kier molecular flexibility index (Phi) is 10.5. The van der Waals surface area contributed by atoms with Gasteiger partial charge in [0.05, 0.1) is 17.7 Å². The smallest absolute Gasteiger partial charge is 0.264 e. The average molecular weight is 612 g/mol. The van der Waals surface area contributed by atoms with Crippen LogP contribution in [0.3, 0.4) is 0 Å². The summed E-state index contributed by atoms with van der Waals surface area (Å²) in [6, 6.07) is 19.4. The highest BCUT2D eigenvalue weighted by atomic mass is 35.5. The summed E-state index contributed by atoms with van der Waals surface area (Å²) >= 11 is 6.40. The number of sulfonamides is 1. The number of rotatable bonds is 12. The van der Waals surface area contributed by atoms with Crippen molar-refractivity contribution < 1.29 is 22.7 Å². The van der Waals surface area contributed by atoms with E-state index in [1.807, 2.05) is 26.0 Å². The Morgan fingerprint density at radius 3 is 2.29 bits per heavy atom. The van der Waals surface area contributed by atoms with E-state index < -0.39 is 28.5 Å². The van der Waals surface area contributed by atoms with Gasteiger partial charge in [0, 0.05) is 17.6 Å². The summed E-state index contributed by atoms with van der Waals surface area (Å²) in [5.41, 5.74) is 1.82. The van der Waals surface area contributed by atoms with Crippen molar-refractivity contribution in [3.8, 4) is 5.75 Å². The quantitative estimate of drug-likeness (QED) is 0.283. The van der Waals surface area contributed by atoms with Gasteiger partial charge in [0.25, 0.3) is 10.0 Å². The van der Waals surface area contributed by atoms with Gasteiger partial charge >= 0.3 is 0 Å². The van der Waals surface area contributed by atoms with E-state index in [0.29, 0.717) is 17.2 Å². The number of hydrogen-bond donors (Lipinski definition) is 1.